The molecule has 1 fully saturated rings. The first kappa shape index (κ1) is 18.2. The van der Waals surface area contributed by atoms with Crippen molar-refractivity contribution in [1.29, 1.82) is 0 Å². The van der Waals surface area contributed by atoms with Gasteiger partial charge >= 0.3 is 0 Å². The minimum atomic E-state index is 0.788. The summed E-state index contributed by atoms with van der Waals surface area (Å²) in [5.74, 6) is 0. The second kappa shape index (κ2) is 9.74. The van der Waals surface area contributed by atoms with Gasteiger partial charge in [-0.05, 0) is 63.4 Å². The van der Waals surface area contributed by atoms with E-state index in [0.29, 0.717) is 0 Å². The fourth-order valence-electron chi connectivity index (χ4n) is 3.87. The maximum absolute atomic E-state index is 2.67. The molecule has 2 nitrogen and oxygen atoms in total. The van der Waals surface area contributed by atoms with E-state index < -0.39 is 0 Å². The first-order valence-corrected chi connectivity index (χ1v) is 9.82. The van der Waals surface area contributed by atoms with Gasteiger partial charge < -0.3 is 9.80 Å². The van der Waals surface area contributed by atoms with E-state index in [9.17, 15) is 0 Å². The van der Waals surface area contributed by atoms with Gasteiger partial charge in [-0.15, -0.1) is 0 Å². The Hall–Kier alpha value is -1.64. The van der Waals surface area contributed by atoms with Gasteiger partial charge in [-0.25, -0.2) is 0 Å². The van der Waals surface area contributed by atoms with Crippen molar-refractivity contribution in [3.05, 3.63) is 71.8 Å². The van der Waals surface area contributed by atoms with E-state index in [-0.39, 0.29) is 0 Å². The Balaban J connectivity index is 1.52. The van der Waals surface area contributed by atoms with E-state index in [4.69, 9.17) is 0 Å². The molecule has 2 aromatic carbocycles. The standard InChI is InChI=1S/C23H32N2/c1-24-17-8-13-23(24)16-20-25(18-14-21-9-4-2-5-10-21)19-15-22-11-6-3-7-12-22/h2-7,9-12,23H,8,13-20H2,1H3. The van der Waals surface area contributed by atoms with E-state index >= 15 is 0 Å². The lowest BCUT2D eigenvalue weighted by atomic mass is 10.1. The van der Waals surface area contributed by atoms with Crippen molar-refractivity contribution in [3.8, 4) is 0 Å². The van der Waals surface area contributed by atoms with Crippen LogP contribution in [0, 0.1) is 0 Å². The zero-order valence-electron chi connectivity index (χ0n) is 15.6. The van der Waals surface area contributed by atoms with Crippen LogP contribution in [0.2, 0.25) is 0 Å². The minimum Gasteiger partial charge on any atom is -0.303 e. The van der Waals surface area contributed by atoms with Crippen LogP contribution in [0.25, 0.3) is 0 Å². The van der Waals surface area contributed by atoms with Gasteiger partial charge in [0.25, 0.3) is 0 Å². The molecule has 0 saturated carbocycles. The molecule has 1 unspecified atom stereocenters. The van der Waals surface area contributed by atoms with Crippen LogP contribution in [-0.4, -0.2) is 49.1 Å². The lowest BCUT2D eigenvalue weighted by Crippen LogP contribution is -2.34. The number of likely N-dealkylation sites (tertiary alicyclic amines) is 1. The quantitative estimate of drug-likeness (QED) is 0.675. The molecule has 0 amide bonds. The molecule has 1 aliphatic heterocycles. The van der Waals surface area contributed by atoms with E-state index in [1.807, 2.05) is 0 Å². The molecule has 1 heterocycles. The van der Waals surface area contributed by atoms with Gasteiger partial charge in [-0.2, -0.15) is 0 Å². The Kier molecular flexibility index (Phi) is 7.08. The Bertz CT molecular complexity index is 553. The SMILES string of the molecule is CN1CCCC1CCN(CCc1ccccc1)CCc1ccccc1. The summed E-state index contributed by atoms with van der Waals surface area (Å²) in [5, 5.41) is 0. The summed E-state index contributed by atoms with van der Waals surface area (Å²) in [5.41, 5.74) is 2.90. The largest absolute Gasteiger partial charge is 0.303 e. The van der Waals surface area contributed by atoms with Crippen molar-refractivity contribution >= 4 is 0 Å². The van der Waals surface area contributed by atoms with E-state index in [0.717, 1.165) is 32.0 Å². The first-order valence-electron chi connectivity index (χ1n) is 9.82. The molecular formula is C23H32N2. The van der Waals surface area contributed by atoms with Crippen molar-refractivity contribution in [2.75, 3.05) is 33.2 Å². The average molecular weight is 337 g/mol. The molecule has 1 saturated heterocycles. The molecule has 25 heavy (non-hydrogen) atoms. The van der Waals surface area contributed by atoms with Gasteiger partial charge in [0.05, 0.1) is 0 Å². The monoisotopic (exact) mass is 336 g/mol. The highest BCUT2D eigenvalue weighted by Crippen LogP contribution is 2.18. The molecule has 2 heteroatoms. The zero-order chi connectivity index (χ0) is 17.3. The summed E-state index contributed by atoms with van der Waals surface area (Å²) >= 11 is 0. The third kappa shape index (κ3) is 5.98. The predicted molar refractivity (Wildman–Crippen MR) is 107 cm³/mol. The summed E-state index contributed by atoms with van der Waals surface area (Å²) in [6.45, 7) is 4.81. The molecule has 0 bridgehead atoms. The third-order valence-corrected chi connectivity index (χ3v) is 5.57. The third-order valence-electron chi connectivity index (χ3n) is 5.57. The van der Waals surface area contributed by atoms with Crippen molar-refractivity contribution in [3.63, 3.8) is 0 Å². The highest BCUT2D eigenvalue weighted by Gasteiger charge is 2.21. The molecule has 1 atom stereocenters. The highest BCUT2D eigenvalue weighted by molar-refractivity contribution is 5.16. The Morgan fingerprint density at radius 2 is 1.40 bits per heavy atom. The molecule has 3 rings (SSSR count). The van der Waals surface area contributed by atoms with Crippen LogP contribution in [0.5, 0.6) is 0 Å². The topological polar surface area (TPSA) is 6.48 Å². The Labute approximate surface area is 153 Å². The maximum Gasteiger partial charge on any atom is 0.0105 e. The number of hydrogen-bond donors (Lipinski definition) is 0. The summed E-state index contributed by atoms with van der Waals surface area (Å²) < 4.78 is 0. The second-order valence-electron chi connectivity index (χ2n) is 7.38. The summed E-state index contributed by atoms with van der Waals surface area (Å²) in [4.78, 5) is 5.22. The molecule has 0 radical (unpaired) electrons. The number of benzene rings is 2. The van der Waals surface area contributed by atoms with E-state index in [1.54, 1.807) is 0 Å². The second-order valence-corrected chi connectivity index (χ2v) is 7.38. The van der Waals surface area contributed by atoms with Crippen molar-refractivity contribution in [1.82, 2.24) is 9.80 Å². The highest BCUT2D eigenvalue weighted by atomic mass is 15.2. The van der Waals surface area contributed by atoms with Crippen molar-refractivity contribution < 1.29 is 0 Å². The van der Waals surface area contributed by atoms with Gasteiger partial charge in [0.1, 0.15) is 0 Å². The van der Waals surface area contributed by atoms with Crippen LogP contribution >= 0.6 is 0 Å². The molecule has 0 N–H and O–H groups in total. The summed E-state index contributed by atoms with van der Waals surface area (Å²) in [6, 6.07) is 22.6. The molecular weight excluding hydrogens is 304 g/mol. The van der Waals surface area contributed by atoms with E-state index in [2.05, 4.69) is 77.5 Å². The van der Waals surface area contributed by atoms with Crippen LogP contribution in [0.4, 0.5) is 0 Å². The Morgan fingerprint density at radius 3 is 1.88 bits per heavy atom. The number of nitrogens with zero attached hydrogens (tertiary/aromatic N) is 2. The van der Waals surface area contributed by atoms with Gasteiger partial charge in [-0.1, -0.05) is 60.7 Å². The predicted octanol–water partition coefficient (Wildman–Crippen LogP) is 4.26. The van der Waals surface area contributed by atoms with Gasteiger partial charge in [0.15, 0.2) is 0 Å². The molecule has 0 spiro atoms. The van der Waals surface area contributed by atoms with Crippen LogP contribution in [0.15, 0.2) is 60.7 Å². The number of hydrogen-bond acceptors (Lipinski definition) is 2. The summed E-state index contributed by atoms with van der Waals surface area (Å²) in [6.07, 6.45) is 6.35. The normalized spacial score (nSPS) is 18.1. The number of rotatable bonds is 9. The maximum atomic E-state index is 2.67. The first-order chi connectivity index (χ1) is 12.3. The van der Waals surface area contributed by atoms with Crippen LogP contribution in [0.3, 0.4) is 0 Å². The smallest absolute Gasteiger partial charge is 0.0105 e. The van der Waals surface area contributed by atoms with Crippen molar-refractivity contribution in [2.45, 2.75) is 38.1 Å². The molecule has 1 aliphatic rings. The van der Waals surface area contributed by atoms with Gasteiger partial charge in [0, 0.05) is 19.1 Å². The fourth-order valence-corrected chi connectivity index (χ4v) is 3.87. The summed E-state index contributed by atoms with van der Waals surface area (Å²) in [7, 11) is 2.29. The molecule has 0 aromatic heterocycles. The van der Waals surface area contributed by atoms with Crippen molar-refractivity contribution in [2.24, 2.45) is 0 Å². The van der Waals surface area contributed by atoms with E-state index in [1.165, 1.54) is 43.5 Å². The van der Waals surface area contributed by atoms with Crippen LogP contribution < -0.4 is 0 Å². The lowest BCUT2D eigenvalue weighted by Gasteiger charge is -2.26. The molecule has 0 aliphatic carbocycles. The molecule has 2 aromatic rings. The zero-order valence-corrected chi connectivity index (χ0v) is 15.6. The van der Waals surface area contributed by atoms with Gasteiger partial charge in [0.2, 0.25) is 0 Å². The molecule has 134 valence electrons. The van der Waals surface area contributed by atoms with Crippen LogP contribution in [0.1, 0.15) is 30.4 Å². The average Bonchev–Trinajstić information content (AvgIpc) is 3.08. The Morgan fingerprint density at radius 1 is 0.840 bits per heavy atom. The van der Waals surface area contributed by atoms with Gasteiger partial charge in [-0.3, -0.25) is 0 Å². The minimum absolute atomic E-state index is 0.788. The van der Waals surface area contributed by atoms with Crippen LogP contribution in [-0.2, 0) is 12.8 Å². The lowest BCUT2D eigenvalue weighted by molar-refractivity contribution is 0.226. The fraction of sp³-hybridized carbons (Fsp3) is 0.478.